The number of aliphatic hydroxyl groups excluding tert-OH is 1. The summed E-state index contributed by atoms with van der Waals surface area (Å²) in [4.78, 5) is 13.0. The largest absolute Gasteiger partial charge is 0.394 e. The molecule has 1 fully saturated rings. The van der Waals surface area contributed by atoms with E-state index in [1.54, 1.807) is 17.2 Å². The molecule has 0 amide bonds. The molecule has 108 valence electrons. The summed E-state index contributed by atoms with van der Waals surface area (Å²) in [6.45, 7) is 0.0383. The van der Waals surface area contributed by atoms with Gasteiger partial charge in [0.1, 0.15) is 12.6 Å². The van der Waals surface area contributed by atoms with Gasteiger partial charge in [-0.25, -0.2) is 19.6 Å². The molecule has 3 aromatic heterocycles. The molecule has 1 N–H and O–H groups in total. The van der Waals surface area contributed by atoms with Crippen LogP contribution in [0.25, 0.3) is 17.0 Å². The molecule has 1 aliphatic rings. The Morgan fingerprint density at radius 1 is 1.29 bits per heavy atom. The van der Waals surface area contributed by atoms with Crippen LogP contribution in [0.3, 0.4) is 0 Å². The number of aliphatic hydroxyl groups is 1. The molecule has 0 bridgehead atoms. The molecule has 3 aromatic rings. The van der Waals surface area contributed by atoms with Gasteiger partial charge in [0.05, 0.1) is 19.0 Å². The lowest BCUT2D eigenvalue weighted by Crippen LogP contribution is -2.14. The third-order valence-corrected chi connectivity index (χ3v) is 3.66. The first kappa shape index (κ1) is 12.4. The molecule has 21 heavy (non-hydrogen) atoms. The molecule has 0 aliphatic carbocycles. The van der Waals surface area contributed by atoms with E-state index in [0.29, 0.717) is 17.0 Å². The fourth-order valence-corrected chi connectivity index (χ4v) is 2.64. The van der Waals surface area contributed by atoms with Crippen LogP contribution >= 0.6 is 0 Å². The van der Waals surface area contributed by atoms with E-state index in [4.69, 9.17) is 4.74 Å². The highest BCUT2D eigenvalue weighted by Crippen LogP contribution is 2.30. The van der Waals surface area contributed by atoms with E-state index >= 15 is 0 Å². The van der Waals surface area contributed by atoms with E-state index in [1.807, 2.05) is 16.8 Å². The quantitative estimate of drug-likeness (QED) is 0.761. The lowest BCUT2D eigenvalue weighted by molar-refractivity contribution is -0.0207. The van der Waals surface area contributed by atoms with Crippen LogP contribution in [0.2, 0.25) is 0 Å². The van der Waals surface area contributed by atoms with Crippen molar-refractivity contribution in [2.75, 3.05) is 6.61 Å². The number of hydrogen-bond acceptors (Lipinski definition) is 6. The van der Waals surface area contributed by atoms with Gasteiger partial charge in [0, 0.05) is 12.4 Å². The lowest BCUT2D eigenvalue weighted by atomic mass is 10.2. The molecule has 0 aromatic carbocycles. The second-order valence-electron chi connectivity index (χ2n) is 4.94. The van der Waals surface area contributed by atoms with E-state index < -0.39 is 0 Å². The Kier molecular flexibility index (Phi) is 2.90. The van der Waals surface area contributed by atoms with Crippen molar-refractivity contribution in [1.82, 2.24) is 29.3 Å². The Hall–Kier alpha value is -2.32. The molecule has 0 spiro atoms. The Balaban J connectivity index is 1.78. The van der Waals surface area contributed by atoms with Crippen molar-refractivity contribution in [3.63, 3.8) is 0 Å². The van der Waals surface area contributed by atoms with Crippen LogP contribution in [0.5, 0.6) is 0 Å². The molecular weight excluding hydrogens is 272 g/mol. The van der Waals surface area contributed by atoms with Gasteiger partial charge in [-0.1, -0.05) is 0 Å². The number of hydrogen-bond donors (Lipinski definition) is 1. The van der Waals surface area contributed by atoms with Crippen LogP contribution in [0, 0.1) is 0 Å². The maximum atomic E-state index is 9.18. The van der Waals surface area contributed by atoms with Gasteiger partial charge in [0.2, 0.25) is 0 Å². The first-order valence-corrected chi connectivity index (χ1v) is 6.80. The van der Waals surface area contributed by atoms with Gasteiger partial charge in [-0.15, -0.1) is 0 Å². The summed E-state index contributed by atoms with van der Waals surface area (Å²) in [6.07, 6.45) is 8.11. The van der Waals surface area contributed by atoms with Crippen LogP contribution in [-0.2, 0) is 4.74 Å². The number of fused-ring (bicyclic) bond motifs is 1. The number of aromatic nitrogens is 6. The molecule has 8 nitrogen and oxygen atoms in total. The summed E-state index contributed by atoms with van der Waals surface area (Å²) in [6, 6.07) is 1.83. The minimum absolute atomic E-state index is 0.0383. The summed E-state index contributed by atoms with van der Waals surface area (Å²) in [5.74, 6) is 0.639. The van der Waals surface area contributed by atoms with Crippen molar-refractivity contribution in [3.8, 4) is 5.82 Å². The van der Waals surface area contributed by atoms with Crippen molar-refractivity contribution in [2.24, 2.45) is 0 Å². The van der Waals surface area contributed by atoms with Gasteiger partial charge in [0.15, 0.2) is 17.0 Å². The van der Waals surface area contributed by atoms with E-state index in [-0.39, 0.29) is 18.9 Å². The SMILES string of the molecule is OCC1CCC(n2cnc3c(-n4cccn4)ncnc32)O1. The summed E-state index contributed by atoms with van der Waals surface area (Å²) >= 11 is 0. The summed E-state index contributed by atoms with van der Waals surface area (Å²) in [7, 11) is 0. The van der Waals surface area contributed by atoms with E-state index in [2.05, 4.69) is 20.1 Å². The van der Waals surface area contributed by atoms with E-state index in [1.165, 1.54) is 6.33 Å². The zero-order valence-electron chi connectivity index (χ0n) is 11.2. The predicted molar refractivity (Wildman–Crippen MR) is 72.7 cm³/mol. The fraction of sp³-hybridized carbons (Fsp3) is 0.385. The topological polar surface area (TPSA) is 90.9 Å². The molecule has 8 heteroatoms. The maximum absolute atomic E-state index is 9.18. The van der Waals surface area contributed by atoms with Gasteiger partial charge in [-0.05, 0) is 18.9 Å². The number of nitrogens with zero attached hydrogens (tertiary/aromatic N) is 6. The smallest absolute Gasteiger partial charge is 0.184 e. The average molecular weight is 286 g/mol. The van der Waals surface area contributed by atoms with Gasteiger partial charge in [-0.2, -0.15) is 5.10 Å². The third-order valence-electron chi connectivity index (χ3n) is 3.66. The van der Waals surface area contributed by atoms with Crippen molar-refractivity contribution < 1.29 is 9.84 Å². The standard InChI is InChI=1S/C13H14N6O2/c20-6-9-2-3-10(21-9)18-8-16-11-12(18)14-7-15-13(11)19-5-1-4-17-19/h1,4-5,7-10,20H,2-3,6H2. The maximum Gasteiger partial charge on any atom is 0.184 e. The van der Waals surface area contributed by atoms with Crippen LogP contribution in [0.4, 0.5) is 0 Å². The van der Waals surface area contributed by atoms with E-state index in [0.717, 1.165) is 12.8 Å². The monoisotopic (exact) mass is 286 g/mol. The minimum Gasteiger partial charge on any atom is -0.394 e. The fourth-order valence-electron chi connectivity index (χ4n) is 2.64. The van der Waals surface area contributed by atoms with Gasteiger partial charge in [-0.3, -0.25) is 4.57 Å². The molecule has 1 saturated heterocycles. The van der Waals surface area contributed by atoms with E-state index in [9.17, 15) is 5.11 Å². The summed E-state index contributed by atoms with van der Waals surface area (Å²) in [5, 5.41) is 13.4. The Morgan fingerprint density at radius 2 is 2.24 bits per heavy atom. The molecule has 2 atom stereocenters. The highest BCUT2D eigenvalue weighted by molar-refractivity contribution is 5.78. The molecule has 1 aliphatic heterocycles. The number of imidazole rings is 1. The summed E-state index contributed by atoms with van der Waals surface area (Å²) < 4.78 is 9.33. The molecule has 2 unspecified atom stereocenters. The van der Waals surface area contributed by atoms with Crippen LogP contribution in [-0.4, -0.2) is 47.1 Å². The minimum atomic E-state index is -0.146. The molecule has 4 rings (SSSR count). The van der Waals surface area contributed by atoms with Crippen LogP contribution < -0.4 is 0 Å². The second kappa shape index (κ2) is 4.90. The highest BCUT2D eigenvalue weighted by Gasteiger charge is 2.27. The Labute approximate surface area is 120 Å². The van der Waals surface area contributed by atoms with Crippen molar-refractivity contribution in [1.29, 1.82) is 0 Å². The van der Waals surface area contributed by atoms with Crippen LogP contribution in [0.1, 0.15) is 19.1 Å². The zero-order chi connectivity index (χ0) is 14.2. The van der Waals surface area contributed by atoms with Gasteiger partial charge in [0.25, 0.3) is 0 Å². The Bertz CT molecular complexity index is 753. The van der Waals surface area contributed by atoms with Crippen molar-refractivity contribution in [2.45, 2.75) is 25.2 Å². The number of rotatable bonds is 3. The molecule has 0 radical (unpaired) electrons. The molecular formula is C13H14N6O2. The average Bonchev–Trinajstić information content (AvgIpc) is 3.25. The molecule has 0 saturated carbocycles. The normalized spacial score (nSPS) is 22.1. The number of ether oxygens (including phenoxy) is 1. The van der Waals surface area contributed by atoms with Crippen LogP contribution in [0.15, 0.2) is 31.1 Å². The van der Waals surface area contributed by atoms with Crippen molar-refractivity contribution in [3.05, 3.63) is 31.1 Å². The molecule has 4 heterocycles. The van der Waals surface area contributed by atoms with Gasteiger partial charge < -0.3 is 9.84 Å². The Morgan fingerprint density at radius 3 is 3.00 bits per heavy atom. The predicted octanol–water partition coefficient (Wildman–Crippen LogP) is 0.682. The summed E-state index contributed by atoms with van der Waals surface area (Å²) in [5.41, 5.74) is 1.39. The second-order valence-corrected chi connectivity index (χ2v) is 4.94. The highest BCUT2D eigenvalue weighted by atomic mass is 16.5. The lowest BCUT2D eigenvalue weighted by Gasteiger charge is -2.13. The van der Waals surface area contributed by atoms with Crippen molar-refractivity contribution >= 4 is 11.2 Å². The first-order chi connectivity index (χ1) is 10.4. The zero-order valence-corrected chi connectivity index (χ0v) is 11.2. The first-order valence-electron chi connectivity index (χ1n) is 6.80. The third kappa shape index (κ3) is 1.99. The van der Waals surface area contributed by atoms with Gasteiger partial charge >= 0.3 is 0 Å².